The minimum Gasteiger partial charge on any atom is -0.372 e. The van der Waals surface area contributed by atoms with Gasteiger partial charge in [0.25, 0.3) is 0 Å². The number of morpholine rings is 1. The summed E-state index contributed by atoms with van der Waals surface area (Å²) in [7, 11) is 0. The highest BCUT2D eigenvalue weighted by Gasteiger charge is 2.31. The second-order valence-corrected chi connectivity index (χ2v) is 7.06. The van der Waals surface area contributed by atoms with Gasteiger partial charge >= 0.3 is 6.03 Å². The molecule has 3 heterocycles. The van der Waals surface area contributed by atoms with Gasteiger partial charge in [-0.05, 0) is 26.2 Å². The van der Waals surface area contributed by atoms with Gasteiger partial charge in [-0.1, -0.05) is 13.8 Å². The number of hydrogen-bond acceptors (Lipinski definition) is 4. The number of urea groups is 1. The molecule has 0 aromatic carbocycles. The van der Waals surface area contributed by atoms with Gasteiger partial charge in [0, 0.05) is 26.1 Å². The molecule has 3 atom stereocenters. The first-order valence-corrected chi connectivity index (χ1v) is 8.58. The highest BCUT2D eigenvalue weighted by molar-refractivity contribution is 5.74. The quantitative estimate of drug-likeness (QED) is 0.920. The molecule has 2 aliphatic rings. The van der Waals surface area contributed by atoms with Gasteiger partial charge in [-0.25, -0.2) is 4.79 Å². The van der Waals surface area contributed by atoms with Crippen molar-refractivity contribution in [2.45, 2.75) is 65.3 Å². The van der Waals surface area contributed by atoms with Gasteiger partial charge in [-0.15, -0.1) is 10.2 Å². The van der Waals surface area contributed by atoms with E-state index < -0.39 is 0 Å². The summed E-state index contributed by atoms with van der Waals surface area (Å²) in [5.74, 6) is 2.17. The van der Waals surface area contributed by atoms with Crippen molar-refractivity contribution in [3.05, 3.63) is 11.6 Å². The molecule has 0 radical (unpaired) electrons. The molecule has 2 amide bonds. The van der Waals surface area contributed by atoms with Crippen LogP contribution in [0.5, 0.6) is 0 Å². The predicted octanol–water partition coefficient (Wildman–Crippen LogP) is 1.74. The predicted molar refractivity (Wildman–Crippen MR) is 86.0 cm³/mol. The Balaban J connectivity index is 1.73. The molecular weight excluding hydrogens is 294 g/mol. The minimum absolute atomic E-state index is 0.0407. The van der Waals surface area contributed by atoms with Crippen LogP contribution in [0.2, 0.25) is 0 Å². The molecule has 3 unspecified atom stereocenters. The maximum absolute atomic E-state index is 12.7. The number of fused-ring (bicyclic) bond motifs is 1. The smallest absolute Gasteiger partial charge is 0.318 e. The molecule has 23 heavy (non-hydrogen) atoms. The van der Waals surface area contributed by atoms with Crippen LogP contribution < -0.4 is 5.32 Å². The van der Waals surface area contributed by atoms with Crippen molar-refractivity contribution in [2.75, 3.05) is 13.1 Å². The number of rotatable bonds is 3. The summed E-state index contributed by atoms with van der Waals surface area (Å²) in [4.78, 5) is 14.5. The molecule has 2 aliphatic heterocycles. The summed E-state index contributed by atoms with van der Waals surface area (Å²) >= 11 is 0. The molecule has 1 aromatic rings. The highest BCUT2D eigenvalue weighted by Crippen LogP contribution is 2.25. The van der Waals surface area contributed by atoms with Crippen LogP contribution in [-0.2, 0) is 17.7 Å². The summed E-state index contributed by atoms with van der Waals surface area (Å²) in [6.45, 7) is 10.4. The maximum Gasteiger partial charge on any atom is 0.318 e. The molecule has 128 valence electrons. The van der Waals surface area contributed by atoms with Crippen LogP contribution >= 0.6 is 0 Å². The van der Waals surface area contributed by atoms with Gasteiger partial charge in [0.05, 0.1) is 18.2 Å². The first-order valence-electron chi connectivity index (χ1n) is 8.58. The van der Waals surface area contributed by atoms with Crippen molar-refractivity contribution >= 4 is 6.03 Å². The van der Waals surface area contributed by atoms with Crippen molar-refractivity contribution in [1.29, 1.82) is 0 Å². The average molecular weight is 321 g/mol. The number of carbonyl (C=O) groups is 1. The summed E-state index contributed by atoms with van der Waals surface area (Å²) in [6, 6.07) is -0.156. The van der Waals surface area contributed by atoms with E-state index in [1.807, 2.05) is 18.7 Å². The second kappa shape index (κ2) is 6.47. The lowest BCUT2D eigenvalue weighted by molar-refractivity contribution is -0.0549. The molecular formula is C16H27N5O2. The molecule has 1 fully saturated rings. The van der Waals surface area contributed by atoms with Gasteiger partial charge in [0.15, 0.2) is 5.82 Å². The number of aromatic nitrogens is 3. The number of carbonyl (C=O) groups excluding carboxylic acids is 1. The molecule has 1 N–H and O–H groups in total. The van der Waals surface area contributed by atoms with Gasteiger partial charge in [0.1, 0.15) is 5.82 Å². The number of nitrogens with zero attached hydrogens (tertiary/aromatic N) is 4. The van der Waals surface area contributed by atoms with Crippen LogP contribution in [0.1, 0.15) is 51.8 Å². The summed E-state index contributed by atoms with van der Waals surface area (Å²) in [6.07, 6.45) is 2.22. The van der Waals surface area contributed by atoms with Crippen LogP contribution in [0.15, 0.2) is 0 Å². The van der Waals surface area contributed by atoms with E-state index in [0.29, 0.717) is 13.1 Å². The molecule has 0 aliphatic carbocycles. The van der Waals surface area contributed by atoms with E-state index in [4.69, 9.17) is 4.74 Å². The fourth-order valence-electron chi connectivity index (χ4n) is 3.50. The number of hydrogen-bond donors (Lipinski definition) is 1. The van der Waals surface area contributed by atoms with E-state index in [-0.39, 0.29) is 30.2 Å². The first-order chi connectivity index (χ1) is 11.0. The van der Waals surface area contributed by atoms with Crippen molar-refractivity contribution in [1.82, 2.24) is 25.0 Å². The third kappa shape index (κ3) is 3.34. The Morgan fingerprint density at radius 3 is 2.61 bits per heavy atom. The summed E-state index contributed by atoms with van der Waals surface area (Å²) in [5.41, 5.74) is 0. The molecule has 7 heteroatoms. The fourth-order valence-corrected chi connectivity index (χ4v) is 3.50. The largest absolute Gasteiger partial charge is 0.372 e. The molecule has 0 spiro atoms. The third-order valence-corrected chi connectivity index (χ3v) is 4.57. The van der Waals surface area contributed by atoms with Gasteiger partial charge < -0.3 is 19.5 Å². The molecule has 3 rings (SSSR count). The lowest BCUT2D eigenvalue weighted by Gasteiger charge is -2.36. The van der Waals surface area contributed by atoms with Crippen LogP contribution in [-0.4, -0.2) is 51.0 Å². The lowest BCUT2D eigenvalue weighted by atomic mass is 10.0. The minimum atomic E-state index is -0.115. The SMILES string of the molecule is CC1CN(C(=O)NC(c2nnc3n2CCC3)C(C)C)CC(C)O1. The average Bonchev–Trinajstić information content (AvgIpc) is 3.06. The van der Waals surface area contributed by atoms with E-state index in [2.05, 4.69) is 33.9 Å². The topological polar surface area (TPSA) is 72.3 Å². The van der Waals surface area contributed by atoms with E-state index in [1.165, 1.54) is 0 Å². The number of nitrogens with one attached hydrogen (secondary N) is 1. The Kier molecular flexibility index (Phi) is 4.57. The summed E-state index contributed by atoms with van der Waals surface area (Å²) < 4.78 is 7.87. The number of amides is 2. The first kappa shape index (κ1) is 16.2. The van der Waals surface area contributed by atoms with Crippen molar-refractivity contribution in [2.24, 2.45) is 5.92 Å². The van der Waals surface area contributed by atoms with Crippen LogP contribution in [0, 0.1) is 5.92 Å². The third-order valence-electron chi connectivity index (χ3n) is 4.57. The van der Waals surface area contributed by atoms with Gasteiger partial charge in [0.2, 0.25) is 0 Å². The van der Waals surface area contributed by atoms with E-state index in [9.17, 15) is 4.79 Å². The van der Waals surface area contributed by atoms with Gasteiger partial charge in [-0.3, -0.25) is 0 Å². The molecule has 1 aromatic heterocycles. The van der Waals surface area contributed by atoms with Crippen LogP contribution in [0.25, 0.3) is 0 Å². The molecule has 0 bridgehead atoms. The van der Waals surface area contributed by atoms with E-state index in [0.717, 1.165) is 31.0 Å². The summed E-state index contributed by atoms with van der Waals surface area (Å²) in [5, 5.41) is 11.8. The number of aryl methyl sites for hydroxylation is 1. The fraction of sp³-hybridized carbons (Fsp3) is 0.812. The lowest BCUT2D eigenvalue weighted by Crippen LogP contribution is -2.52. The molecule has 1 saturated heterocycles. The zero-order chi connectivity index (χ0) is 16.6. The Hall–Kier alpha value is -1.63. The molecule has 0 saturated carbocycles. The zero-order valence-electron chi connectivity index (χ0n) is 14.5. The Morgan fingerprint density at radius 1 is 1.26 bits per heavy atom. The second-order valence-electron chi connectivity index (χ2n) is 7.06. The van der Waals surface area contributed by atoms with Crippen molar-refractivity contribution in [3.63, 3.8) is 0 Å². The van der Waals surface area contributed by atoms with Crippen molar-refractivity contribution in [3.8, 4) is 0 Å². The standard InChI is InChI=1S/C16H27N5O2/c1-10(2)14(15-19-18-13-6-5-7-21(13)15)17-16(22)20-8-11(3)23-12(4)9-20/h10-12,14H,5-9H2,1-4H3,(H,17,22). The Bertz CT molecular complexity index is 561. The monoisotopic (exact) mass is 321 g/mol. The van der Waals surface area contributed by atoms with E-state index in [1.54, 1.807) is 0 Å². The maximum atomic E-state index is 12.7. The Morgan fingerprint density at radius 2 is 1.96 bits per heavy atom. The van der Waals surface area contributed by atoms with Crippen LogP contribution in [0.3, 0.4) is 0 Å². The Labute approximate surface area is 137 Å². The van der Waals surface area contributed by atoms with Crippen LogP contribution in [0.4, 0.5) is 4.79 Å². The highest BCUT2D eigenvalue weighted by atomic mass is 16.5. The number of ether oxygens (including phenoxy) is 1. The normalized spacial score (nSPS) is 25.5. The molecule has 7 nitrogen and oxygen atoms in total. The van der Waals surface area contributed by atoms with E-state index >= 15 is 0 Å². The van der Waals surface area contributed by atoms with Gasteiger partial charge in [-0.2, -0.15) is 0 Å². The van der Waals surface area contributed by atoms with Crippen molar-refractivity contribution < 1.29 is 9.53 Å². The zero-order valence-corrected chi connectivity index (χ0v) is 14.5.